The van der Waals surface area contributed by atoms with E-state index in [1.807, 2.05) is 6.92 Å². The Morgan fingerprint density at radius 2 is 1.83 bits per heavy atom. The van der Waals surface area contributed by atoms with E-state index < -0.39 is 0 Å². The highest BCUT2D eigenvalue weighted by Crippen LogP contribution is 1.57. The highest BCUT2D eigenvalue weighted by Gasteiger charge is 1.27. The van der Waals surface area contributed by atoms with E-state index in [9.17, 15) is 0 Å². The van der Waals surface area contributed by atoms with Crippen LogP contribution in [0.15, 0.2) is 12.7 Å². The number of hydrogen-bond acceptors (Lipinski definition) is 2. The molecular formula is C4H10OS. The minimum Gasteiger partial charge on any atom is -0.322 e. The van der Waals surface area contributed by atoms with Gasteiger partial charge in [-0.15, -0.1) is 6.58 Å². The molecule has 0 aliphatic heterocycles. The fourth-order valence-corrected chi connectivity index (χ4v) is 0. The van der Waals surface area contributed by atoms with Crippen LogP contribution in [0.2, 0.25) is 0 Å². The summed E-state index contributed by atoms with van der Waals surface area (Å²) in [5.41, 5.74) is 0. The van der Waals surface area contributed by atoms with Gasteiger partial charge in [0.2, 0.25) is 0 Å². The van der Waals surface area contributed by atoms with Gasteiger partial charge >= 0.3 is 0 Å². The van der Waals surface area contributed by atoms with E-state index in [1.54, 1.807) is 6.08 Å². The zero-order valence-electron chi connectivity index (χ0n) is 4.14. The standard InChI is InChI=1S/C3H6.CH4OS/c1-3-2;1-2-3/h3H,1H2,2H3;3H,1H3. The van der Waals surface area contributed by atoms with E-state index >= 15 is 0 Å². The van der Waals surface area contributed by atoms with Crippen LogP contribution in [0, 0.1) is 0 Å². The summed E-state index contributed by atoms with van der Waals surface area (Å²) in [6.45, 7) is 5.25. The molecule has 6 heavy (non-hydrogen) atoms. The summed E-state index contributed by atoms with van der Waals surface area (Å²) in [5, 5.41) is 0. The molecule has 0 rings (SSSR count). The first-order valence-corrected chi connectivity index (χ1v) is 1.94. The Labute approximate surface area is 44.6 Å². The zero-order valence-corrected chi connectivity index (χ0v) is 5.03. The lowest BCUT2D eigenvalue weighted by Gasteiger charge is -1.58. The molecule has 38 valence electrons. The molecular weight excluding hydrogens is 96.1 g/mol. The maximum atomic E-state index is 3.94. The highest BCUT2D eigenvalue weighted by molar-refractivity contribution is 7.75. The van der Waals surface area contributed by atoms with Gasteiger partial charge in [-0.3, -0.25) is 0 Å². The van der Waals surface area contributed by atoms with Crippen molar-refractivity contribution in [3.8, 4) is 0 Å². The van der Waals surface area contributed by atoms with E-state index in [1.165, 1.54) is 7.11 Å². The molecule has 0 saturated heterocycles. The summed E-state index contributed by atoms with van der Waals surface area (Å²) in [4.78, 5) is 0. The third kappa shape index (κ3) is 15100. The number of hydrogen-bond donors (Lipinski definition) is 1. The van der Waals surface area contributed by atoms with Gasteiger partial charge in [-0.05, 0) is 19.8 Å². The Balaban J connectivity index is 0. The van der Waals surface area contributed by atoms with Gasteiger partial charge < -0.3 is 4.18 Å². The lowest BCUT2D eigenvalue weighted by molar-refractivity contribution is 0.500. The molecule has 0 fully saturated rings. The molecule has 0 amide bonds. The first kappa shape index (κ1) is 9.41. The monoisotopic (exact) mass is 106 g/mol. The van der Waals surface area contributed by atoms with Crippen molar-refractivity contribution in [3.63, 3.8) is 0 Å². The molecule has 0 saturated carbocycles. The van der Waals surface area contributed by atoms with Gasteiger partial charge in [-0.2, -0.15) is 0 Å². The molecule has 0 aromatic carbocycles. The van der Waals surface area contributed by atoms with Crippen molar-refractivity contribution in [2.75, 3.05) is 7.11 Å². The van der Waals surface area contributed by atoms with Crippen LogP contribution in [-0.4, -0.2) is 7.11 Å². The van der Waals surface area contributed by atoms with E-state index in [2.05, 4.69) is 23.7 Å². The minimum absolute atomic E-state index is 1.49. The molecule has 1 nitrogen and oxygen atoms in total. The van der Waals surface area contributed by atoms with Crippen molar-refractivity contribution in [3.05, 3.63) is 12.7 Å². The van der Waals surface area contributed by atoms with Crippen molar-refractivity contribution in [1.82, 2.24) is 0 Å². The van der Waals surface area contributed by atoms with Gasteiger partial charge in [-0.1, -0.05) is 6.08 Å². The van der Waals surface area contributed by atoms with Crippen molar-refractivity contribution < 1.29 is 4.18 Å². The Morgan fingerprint density at radius 1 is 1.83 bits per heavy atom. The maximum Gasteiger partial charge on any atom is 0.0500 e. The van der Waals surface area contributed by atoms with Crippen molar-refractivity contribution in [1.29, 1.82) is 0 Å². The minimum atomic E-state index is 1.49. The molecule has 0 heterocycles. The summed E-state index contributed by atoms with van der Waals surface area (Å²) < 4.78 is 3.94. The van der Waals surface area contributed by atoms with Crippen LogP contribution in [0.3, 0.4) is 0 Å². The second kappa shape index (κ2) is 19.7. The van der Waals surface area contributed by atoms with Gasteiger partial charge in [0.15, 0.2) is 0 Å². The first-order chi connectivity index (χ1) is 2.83. The average Bonchev–Trinajstić information content (AvgIpc) is 1.39. The molecule has 0 atom stereocenters. The second-order valence-electron chi connectivity index (χ2n) is 0.591. The van der Waals surface area contributed by atoms with Crippen LogP contribution in [0.4, 0.5) is 0 Å². The van der Waals surface area contributed by atoms with Crippen LogP contribution < -0.4 is 0 Å². The first-order valence-electron chi connectivity index (χ1n) is 1.58. The fourth-order valence-electron chi connectivity index (χ4n) is 0. The third-order valence-electron chi connectivity index (χ3n) is 0. The van der Waals surface area contributed by atoms with Gasteiger partial charge in [0.25, 0.3) is 0 Å². The van der Waals surface area contributed by atoms with Crippen molar-refractivity contribution >= 4 is 12.9 Å². The molecule has 0 unspecified atom stereocenters. The van der Waals surface area contributed by atoms with Gasteiger partial charge in [0.1, 0.15) is 0 Å². The Bertz CT molecular complexity index is 21.5. The van der Waals surface area contributed by atoms with E-state index in [4.69, 9.17) is 0 Å². The van der Waals surface area contributed by atoms with Crippen LogP contribution >= 0.6 is 12.9 Å². The predicted octanol–water partition coefficient (Wildman–Crippen LogP) is 1.67. The van der Waals surface area contributed by atoms with Crippen LogP contribution in [0.25, 0.3) is 0 Å². The molecule has 0 aromatic rings. The van der Waals surface area contributed by atoms with Crippen LogP contribution in [0.1, 0.15) is 6.92 Å². The van der Waals surface area contributed by atoms with Gasteiger partial charge in [-0.25, -0.2) is 0 Å². The number of rotatable bonds is 0. The Morgan fingerprint density at radius 3 is 1.83 bits per heavy atom. The molecule has 0 spiro atoms. The zero-order chi connectivity index (χ0) is 5.41. The normalized spacial score (nSPS) is 5.17. The van der Waals surface area contributed by atoms with E-state index in [0.29, 0.717) is 0 Å². The number of allylic oxidation sites excluding steroid dienone is 1. The molecule has 2 heteroatoms. The Hall–Kier alpha value is 0.0500. The Kier molecular flexibility index (Phi) is 30.9. The maximum absolute atomic E-state index is 3.94. The molecule has 0 radical (unpaired) electrons. The van der Waals surface area contributed by atoms with Crippen LogP contribution in [-0.2, 0) is 4.18 Å². The molecule has 0 N–H and O–H groups in total. The van der Waals surface area contributed by atoms with E-state index in [0.717, 1.165) is 0 Å². The summed E-state index contributed by atoms with van der Waals surface area (Å²) in [6, 6.07) is 0. The molecule has 0 aliphatic rings. The number of thiol groups is 1. The summed E-state index contributed by atoms with van der Waals surface area (Å²) in [7, 11) is 1.49. The quantitative estimate of drug-likeness (QED) is 0.281. The topological polar surface area (TPSA) is 9.23 Å². The van der Waals surface area contributed by atoms with Crippen molar-refractivity contribution in [2.45, 2.75) is 6.92 Å². The molecule has 0 aliphatic carbocycles. The highest BCUT2D eigenvalue weighted by atomic mass is 32.1. The van der Waals surface area contributed by atoms with Gasteiger partial charge in [0, 0.05) is 7.11 Å². The van der Waals surface area contributed by atoms with Gasteiger partial charge in [0.05, 0.1) is 0 Å². The predicted molar refractivity (Wildman–Crippen MR) is 31.9 cm³/mol. The van der Waals surface area contributed by atoms with E-state index in [-0.39, 0.29) is 0 Å². The summed E-state index contributed by atoms with van der Waals surface area (Å²) in [5.74, 6) is 0. The average molecular weight is 106 g/mol. The molecule has 0 bridgehead atoms. The lowest BCUT2D eigenvalue weighted by atomic mass is 10.8. The second-order valence-corrected chi connectivity index (χ2v) is 0.956. The smallest absolute Gasteiger partial charge is 0.0500 e. The summed E-state index contributed by atoms with van der Waals surface area (Å²) >= 11 is 3.29. The van der Waals surface area contributed by atoms with Crippen molar-refractivity contribution in [2.24, 2.45) is 0 Å². The largest absolute Gasteiger partial charge is 0.322 e. The lowest BCUT2D eigenvalue weighted by Crippen LogP contribution is -1.40. The molecule has 0 aromatic heterocycles. The SMILES string of the molecule is C=CC.COS. The summed E-state index contributed by atoms with van der Waals surface area (Å²) in [6.07, 6.45) is 1.75. The third-order valence-corrected chi connectivity index (χ3v) is 0. The fraction of sp³-hybridized carbons (Fsp3) is 0.500. The van der Waals surface area contributed by atoms with Crippen LogP contribution in [0.5, 0.6) is 0 Å².